The summed E-state index contributed by atoms with van der Waals surface area (Å²) in [6.45, 7) is 0.842. The van der Waals surface area contributed by atoms with Crippen LogP contribution in [0, 0.1) is 0 Å². The molecule has 1 rings (SSSR count). The summed E-state index contributed by atoms with van der Waals surface area (Å²) >= 11 is 0. The van der Waals surface area contributed by atoms with Crippen LogP contribution in [0.2, 0.25) is 0 Å². The van der Waals surface area contributed by atoms with Crippen molar-refractivity contribution in [2.45, 2.75) is 25.7 Å². The van der Waals surface area contributed by atoms with Gasteiger partial charge in [0.05, 0.1) is 6.42 Å². The second-order valence-electron chi connectivity index (χ2n) is 3.98. The lowest BCUT2D eigenvalue weighted by Gasteiger charge is -2.05. The molecule has 0 aliphatic heterocycles. The molecule has 0 aromatic heterocycles. The van der Waals surface area contributed by atoms with Gasteiger partial charge in [0, 0.05) is 13.2 Å². The van der Waals surface area contributed by atoms with Crippen LogP contribution >= 0.6 is 0 Å². The van der Waals surface area contributed by atoms with Gasteiger partial charge >= 0.3 is 0 Å². The summed E-state index contributed by atoms with van der Waals surface area (Å²) in [5, 5.41) is 20.6. The summed E-state index contributed by atoms with van der Waals surface area (Å²) in [4.78, 5) is 11.5. The lowest BCUT2D eigenvalue weighted by atomic mass is 10.1. The minimum atomic E-state index is -0.0420. The third kappa shape index (κ3) is 5.92. The molecule has 0 bridgehead atoms. The van der Waals surface area contributed by atoms with Crippen LogP contribution in [0.4, 0.5) is 0 Å². The van der Waals surface area contributed by atoms with E-state index in [0.717, 1.165) is 24.8 Å². The Morgan fingerprint density at radius 2 is 2.06 bits per heavy atom. The van der Waals surface area contributed by atoms with Crippen molar-refractivity contribution in [3.8, 4) is 5.75 Å². The number of phenols is 1. The quantitative estimate of drug-likeness (QED) is 0.624. The molecular weight excluding hydrogens is 218 g/mol. The number of carbonyl (C=O) groups is 1. The third-order valence-corrected chi connectivity index (χ3v) is 2.43. The number of hydrogen-bond donors (Lipinski definition) is 3. The Balaban J connectivity index is 2.21. The zero-order valence-corrected chi connectivity index (χ0v) is 9.85. The first kappa shape index (κ1) is 13.5. The Bertz CT molecular complexity index is 352. The number of nitrogens with one attached hydrogen (secondary N) is 1. The number of hydrogen-bond acceptors (Lipinski definition) is 3. The van der Waals surface area contributed by atoms with Crippen molar-refractivity contribution in [3.05, 3.63) is 29.8 Å². The molecule has 0 fully saturated rings. The maximum Gasteiger partial charge on any atom is 0.224 e. The summed E-state index contributed by atoms with van der Waals surface area (Å²) < 4.78 is 0. The van der Waals surface area contributed by atoms with Gasteiger partial charge in [0.15, 0.2) is 0 Å². The van der Waals surface area contributed by atoms with E-state index in [9.17, 15) is 9.90 Å². The van der Waals surface area contributed by atoms with E-state index < -0.39 is 0 Å². The second-order valence-corrected chi connectivity index (χ2v) is 3.98. The van der Waals surface area contributed by atoms with Crippen LogP contribution in [0.1, 0.15) is 24.8 Å². The topological polar surface area (TPSA) is 69.6 Å². The molecule has 4 heteroatoms. The van der Waals surface area contributed by atoms with Crippen LogP contribution in [-0.2, 0) is 11.2 Å². The van der Waals surface area contributed by atoms with Crippen molar-refractivity contribution < 1.29 is 15.0 Å². The number of carbonyl (C=O) groups excluding carboxylic acids is 1. The highest BCUT2D eigenvalue weighted by molar-refractivity contribution is 5.78. The molecule has 0 saturated heterocycles. The molecule has 1 aromatic rings. The largest absolute Gasteiger partial charge is 0.508 e. The average molecular weight is 237 g/mol. The summed E-state index contributed by atoms with van der Waals surface area (Å²) in [6.07, 6.45) is 2.87. The number of amides is 1. The van der Waals surface area contributed by atoms with Crippen molar-refractivity contribution >= 4 is 5.91 Å². The summed E-state index contributed by atoms with van der Waals surface area (Å²) in [7, 11) is 0. The lowest BCUT2D eigenvalue weighted by molar-refractivity contribution is -0.120. The number of unbranched alkanes of at least 4 members (excludes halogenated alkanes) is 2. The van der Waals surface area contributed by atoms with Crippen LogP contribution in [0.15, 0.2) is 24.3 Å². The number of benzene rings is 1. The molecule has 0 aliphatic rings. The van der Waals surface area contributed by atoms with Gasteiger partial charge in [0.25, 0.3) is 0 Å². The monoisotopic (exact) mass is 237 g/mol. The smallest absolute Gasteiger partial charge is 0.224 e. The Morgan fingerprint density at radius 1 is 1.24 bits per heavy atom. The highest BCUT2D eigenvalue weighted by Gasteiger charge is 2.03. The Morgan fingerprint density at radius 3 is 2.76 bits per heavy atom. The third-order valence-electron chi connectivity index (χ3n) is 2.43. The first-order chi connectivity index (χ1) is 8.22. The zero-order chi connectivity index (χ0) is 12.5. The molecule has 0 aliphatic carbocycles. The molecule has 0 unspecified atom stereocenters. The number of phenolic OH excluding ortho intramolecular Hbond substituents is 1. The Kier molecular flexibility index (Phi) is 6.10. The van der Waals surface area contributed by atoms with Crippen molar-refractivity contribution in [2.24, 2.45) is 0 Å². The molecule has 1 aromatic carbocycles. The predicted octanol–water partition coefficient (Wildman–Crippen LogP) is 1.21. The van der Waals surface area contributed by atoms with Crippen molar-refractivity contribution in [1.29, 1.82) is 0 Å². The van der Waals surface area contributed by atoms with Crippen molar-refractivity contribution in [2.75, 3.05) is 13.2 Å². The van der Waals surface area contributed by atoms with E-state index in [2.05, 4.69) is 5.32 Å². The molecule has 3 N–H and O–H groups in total. The predicted molar refractivity (Wildman–Crippen MR) is 65.8 cm³/mol. The molecule has 0 saturated carbocycles. The minimum absolute atomic E-state index is 0.0420. The summed E-state index contributed by atoms with van der Waals surface area (Å²) in [6, 6.07) is 6.70. The van der Waals surface area contributed by atoms with Gasteiger partial charge in [-0.25, -0.2) is 0 Å². The van der Waals surface area contributed by atoms with Crippen LogP contribution < -0.4 is 5.32 Å². The van der Waals surface area contributed by atoms with Crippen LogP contribution in [0.25, 0.3) is 0 Å². The molecule has 0 spiro atoms. The fourth-order valence-electron chi connectivity index (χ4n) is 1.56. The first-order valence-electron chi connectivity index (χ1n) is 5.88. The van der Waals surface area contributed by atoms with E-state index >= 15 is 0 Å². The second kappa shape index (κ2) is 7.68. The number of aliphatic hydroxyl groups is 1. The van der Waals surface area contributed by atoms with E-state index in [0.29, 0.717) is 6.54 Å². The molecule has 17 heavy (non-hydrogen) atoms. The maximum absolute atomic E-state index is 11.5. The van der Waals surface area contributed by atoms with Gasteiger partial charge in [-0.1, -0.05) is 12.1 Å². The summed E-state index contributed by atoms with van der Waals surface area (Å²) in [5.41, 5.74) is 0.804. The standard InChI is InChI=1S/C13H19NO3/c15-8-3-1-2-7-14-13(17)10-11-5-4-6-12(16)9-11/h4-6,9,15-16H,1-3,7-8,10H2,(H,14,17). The van der Waals surface area contributed by atoms with Gasteiger partial charge < -0.3 is 15.5 Å². The van der Waals surface area contributed by atoms with Gasteiger partial charge in [0.2, 0.25) is 5.91 Å². The van der Waals surface area contributed by atoms with Crippen LogP contribution in [0.3, 0.4) is 0 Å². The van der Waals surface area contributed by atoms with Gasteiger partial charge in [-0.05, 0) is 37.0 Å². The normalized spacial score (nSPS) is 10.2. The maximum atomic E-state index is 11.5. The molecule has 4 nitrogen and oxygen atoms in total. The molecule has 1 amide bonds. The van der Waals surface area contributed by atoms with Crippen LogP contribution in [-0.4, -0.2) is 29.3 Å². The van der Waals surface area contributed by atoms with E-state index in [-0.39, 0.29) is 24.7 Å². The lowest BCUT2D eigenvalue weighted by Crippen LogP contribution is -2.26. The van der Waals surface area contributed by atoms with Gasteiger partial charge in [-0.2, -0.15) is 0 Å². The molecule has 94 valence electrons. The highest BCUT2D eigenvalue weighted by atomic mass is 16.3. The number of rotatable bonds is 7. The van der Waals surface area contributed by atoms with Crippen LogP contribution in [0.5, 0.6) is 5.75 Å². The molecule has 0 heterocycles. The number of aromatic hydroxyl groups is 1. The first-order valence-corrected chi connectivity index (χ1v) is 5.88. The molecule has 0 radical (unpaired) electrons. The average Bonchev–Trinajstić information content (AvgIpc) is 2.29. The van der Waals surface area contributed by atoms with E-state index in [1.165, 1.54) is 0 Å². The van der Waals surface area contributed by atoms with E-state index in [4.69, 9.17) is 5.11 Å². The SMILES string of the molecule is O=C(Cc1cccc(O)c1)NCCCCCO. The minimum Gasteiger partial charge on any atom is -0.508 e. The summed E-state index contributed by atoms with van der Waals surface area (Å²) in [5.74, 6) is 0.137. The van der Waals surface area contributed by atoms with E-state index in [1.807, 2.05) is 6.07 Å². The van der Waals surface area contributed by atoms with Crippen molar-refractivity contribution in [1.82, 2.24) is 5.32 Å². The van der Waals surface area contributed by atoms with Gasteiger partial charge in [-0.15, -0.1) is 0 Å². The fourth-order valence-corrected chi connectivity index (χ4v) is 1.56. The molecule has 0 atom stereocenters. The van der Waals surface area contributed by atoms with Crippen molar-refractivity contribution in [3.63, 3.8) is 0 Å². The highest BCUT2D eigenvalue weighted by Crippen LogP contribution is 2.11. The Hall–Kier alpha value is -1.55. The fraction of sp³-hybridized carbons (Fsp3) is 0.462. The molecular formula is C13H19NO3. The zero-order valence-electron chi connectivity index (χ0n) is 9.85. The van der Waals surface area contributed by atoms with Gasteiger partial charge in [-0.3, -0.25) is 4.79 Å². The number of aliphatic hydroxyl groups excluding tert-OH is 1. The van der Waals surface area contributed by atoms with Gasteiger partial charge in [0.1, 0.15) is 5.75 Å². The Labute approximate surface area is 101 Å². The van der Waals surface area contributed by atoms with E-state index in [1.54, 1.807) is 18.2 Å².